The molecule has 0 aromatic heterocycles. The van der Waals surface area contributed by atoms with Gasteiger partial charge >= 0.3 is 6.03 Å². The number of hydrogen-bond donors (Lipinski definition) is 1. The van der Waals surface area contributed by atoms with Gasteiger partial charge in [0.15, 0.2) is 9.84 Å². The topological polar surface area (TPSA) is 75.7 Å². The number of amides is 2. The molecule has 1 N–H and O–H groups in total. The monoisotopic (exact) mass is 340 g/mol. The first-order chi connectivity index (χ1) is 10.9. The molecule has 0 bridgehead atoms. The molecule has 1 fully saturated rings. The third-order valence-corrected chi connectivity index (χ3v) is 6.20. The van der Waals surface area contributed by atoms with Crippen LogP contribution in [0.15, 0.2) is 24.3 Å². The quantitative estimate of drug-likeness (QED) is 0.845. The second-order valence-electron chi connectivity index (χ2n) is 5.85. The zero-order valence-corrected chi connectivity index (χ0v) is 14.4. The number of aryl methyl sites for hydroxylation is 1. The van der Waals surface area contributed by atoms with Crippen molar-refractivity contribution in [2.75, 3.05) is 32.0 Å². The van der Waals surface area contributed by atoms with Crippen molar-refractivity contribution >= 4 is 15.9 Å². The van der Waals surface area contributed by atoms with Crippen LogP contribution >= 0.6 is 0 Å². The van der Waals surface area contributed by atoms with Gasteiger partial charge in [-0.15, -0.1) is 0 Å². The van der Waals surface area contributed by atoms with Gasteiger partial charge < -0.3 is 15.0 Å². The van der Waals surface area contributed by atoms with E-state index >= 15 is 0 Å². The normalized spacial score (nSPS) is 20.6. The number of urea groups is 1. The average molecular weight is 340 g/mol. The van der Waals surface area contributed by atoms with Gasteiger partial charge in [-0.2, -0.15) is 0 Å². The lowest BCUT2D eigenvalue weighted by Crippen LogP contribution is -2.42. The van der Waals surface area contributed by atoms with Crippen molar-refractivity contribution in [3.05, 3.63) is 29.8 Å². The van der Waals surface area contributed by atoms with Crippen molar-refractivity contribution in [3.8, 4) is 5.75 Å². The fraction of sp³-hybridized carbons (Fsp3) is 0.562. The molecule has 1 aromatic rings. The number of benzene rings is 1. The minimum absolute atomic E-state index is 0.0291. The van der Waals surface area contributed by atoms with E-state index in [2.05, 4.69) is 5.32 Å². The Balaban J connectivity index is 1.74. The van der Waals surface area contributed by atoms with Crippen LogP contribution in [0, 0.1) is 6.92 Å². The average Bonchev–Trinajstić information content (AvgIpc) is 2.63. The summed E-state index contributed by atoms with van der Waals surface area (Å²) in [6.45, 7) is 5.15. The maximum atomic E-state index is 12.1. The van der Waals surface area contributed by atoms with Crippen LogP contribution in [0.4, 0.5) is 4.79 Å². The van der Waals surface area contributed by atoms with E-state index in [0.717, 1.165) is 11.3 Å². The number of hydrogen-bond acceptors (Lipinski definition) is 4. The number of nitrogens with one attached hydrogen (secondary N) is 1. The van der Waals surface area contributed by atoms with Crippen LogP contribution in [0.5, 0.6) is 5.75 Å². The molecule has 0 saturated carbocycles. The largest absolute Gasteiger partial charge is 0.492 e. The fourth-order valence-electron chi connectivity index (χ4n) is 2.41. The van der Waals surface area contributed by atoms with Gasteiger partial charge in [-0.25, -0.2) is 13.2 Å². The van der Waals surface area contributed by atoms with Crippen LogP contribution < -0.4 is 10.1 Å². The molecule has 128 valence electrons. The number of sulfone groups is 1. The first-order valence-electron chi connectivity index (χ1n) is 7.82. The van der Waals surface area contributed by atoms with Gasteiger partial charge in [-0.3, -0.25) is 0 Å². The predicted octanol–water partition coefficient (Wildman–Crippen LogP) is 1.59. The van der Waals surface area contributed by atoms with Crippen LogP contribution in [0.25, 0.3) is 0 Å². The zero-order chi connectivity index (χ0) is 16.9. The first kappa shape index (κ1) is 17.6. The highest BCUT2D eigenvalue weighted by Gasteiger charge is 2.28. The van der Waals surface area contributed by atoms with Crippen LogP contribution in [-0.4, -0.2) is 56.6 Å². The summed E-state index contributed by atoms with van der Waals surface area (Å²) in [4.78, 5) is 13.7. The molecule has 1 aliphatic rings. The van der Waals surface area contributed by atoms with E-state index in [1.54, 1.807) is 11.8 Å². The summed E-state index contributed by atoms with van der Waals surface area (Å²) in [7, 11) is -3.08. The van der Waals surface area contributed by atoms with Crippen LogP contribution in [0.3, 0.4) is 0 Å². The summed E-state index contributed by atoms with van der Waals surface area (Å²) in [5.41, 5.74) is 1.12. The van der Waals surface area contributed by atoms with Crippen LogP contribution in [-0.2, 0) is 9.84 Å². The fourth-order valence-corrected chi connectivity index (χ4v) is 3.76. The molecule has 0 aliphatic carbocycles. The third-order valence-electron chi connectivity index (χ3n) is 3.99. The predicted molar refractivity (Wildman–Crippen MR) is 89.5 cm³/mol. The number of carbonyl (C=O) groups is 1. The number of rotatable bonds is 4. The Bertz CT molecular complexity index is 645. The minimum Gasteiger partial charge on any atom is -0.492 e. The van der Waals surface area contributed by atoms with Crippen molar-refractivity contribution in [1.29, 1.82) is 0 Å². The molecule has 7 heteroatoms. The van der Waals surface area contributed by atoms with Gasteiger partial charge in [0, 0.05) is 13.1 Å². The Kier molecular flexibility index (Phi) is 5.87. The summed E-state index contributed by atoms with van der Waals surface area (Å²) in [5, 5.41) is 2.39. The zero-order valence-electron chi connectivity index (χ0n) is 13.6. The van der Waals surface area contributed by atoms with Crippen molar-refractivity contribution < 1.29 is 17.9 Å². The maximum Gasteiger partial charge on any atom is 0.317 e. The van der Waals surface area contributed by atoms with Crippen molar-refractivity contribution in [2.24, 2.45) is 0 Å². The van der Waals surface area contributed by atoms with E-state index in [-0.39, 0.29) is 23.6 Å². The molecule has 1 atom stereocenters. The highest BCUT2D eigenvalue weighted by Crippen LogP contribution is 2.13. The van der Waals surface area contributed by atoms with Crippen LogP contribution in [0.2, 0.25) is 0 Å². The SMILES string of the molecule is Cc1cccc(OCCNC(=O)N2CC[C@H](C)S(=O)(=O)CC2)c1. The molecule has 1 saturated heterocycles. The molecular formula is C16H24N2O4S. The van der Waals surface area contributed by atoms with Crippen LogP contribution in [0.1, 0.15) is 18.9 Å². The van der Waals surface area contributed by atoms with Crippen molar-refractivity contribution in [1.82, 2.24) is 10.2 Å². The minimum atomic E-state index is -3.08. The van der Waals surface area contributed by atoms with E-state index in [4.69, 9.17) is 4.74 Å². The van der Waals surface area contributed by atoms with Crippen molar-refractivity contribution in [2.45, 2.75) is 25.5 Å². The van der Waals surface area contributed by atoms with Gasteiger partial charge in [0.1, 0.15) is 12.4 Å². The molecule has 6 nitrogen and oxygen atoms in total. The molecule has 2 amide bonds. The van der Waals surface area contributed by atoms with E-state index < -0.39 is 9.84 Å². The van der Waals surface area contributed by atoms with E-state index in [0.29, 0.717) is 26.1 Å². The third kappa shape index (κ3) is 5.13. The lowest BCUT2D eigenvalue weighted by atomic mass is 10.2. The summed E-state index contributed by atoms with van der Waals surface area (Å²) >= 11 is 0. The summed E-state index contributed by atoms with van der Waals surface area (Å²) in [6.07, 6.45) is 0.482. The molecule has 1 aromatic carbocycles. The van der Waals surface area contributed by atoms with E-state index in [1.165, 1.54) is 0 Å². The van der Waals surface area contributed by atoms with E-state index in [9.17, 15) is 13.2 Å². The summed E-state index contributed by atoms with van der Waals surface area (Å²) < 4.78 is 29.2. The maximum absolute atomic E-state index is 12.1. The highest BCUT2D eigenvalue weighted by molar-refractivity contribution is 7.92. The second kappa shape index (κ2) is 7.68. The Morgan fingerprint density at radius 1 is 1.39 bits per heavy atom. The van der Waals surface area contributed by atoms with Gasteiger partial charge in [0.05, 0.1) is 17.5 Å². The smallest absolute Gasteiger partial charge is 0.317 e. The first-order valence-corrected chi connectivity index (χ1v) is 9.54. The molecule has 0 radical (unpaired) electrons. The van der Waals surface area contributed by atoms with E-state index in [1.807, 2.05) is 31.2 Å². The Morgan fingerprint density at radius 2 is 2.17 bits per heavy atom. The van der Waals surface area contributed by atoms with Gasteiger partial charge in [0.2, 0.25) is 0 Å². The Hall–Kier alpha value is -1.76. The molecule has 0 spiro atoms. The number of ether oxygens (including phenoxy) is 1. The molecule has 2 rings (SSSR count). The Morgan fingerprint density at radius 3 is 2.91 bits per heavy atom. The standard InChI is InChI=1S/C16H24N2O4S/c1-13-4-3-5-15(12-13)22-10-7-17-16(19)18-8-6-14(2)23(20,21)11-9-18/h3-5,12,14H,6-11H2,1-2H3,(H,17,19)/t14-/m0/s1. The van der Waals surface area contributed by atoms with Gasteiger partial charge in [-0.1, -0.05) is 12.1 Å². The molecule has 1 heterocycles. The second-order valence-corrected chi connectivity index (χ2v) is 8.39. The number of nitrogens with zero attached hydrogens (tertiary/aromatic N) is 1. The highest BCUT2D eigenvalue weighted by atomic mass is 32.2. The molecule has 0 unspecified atom stereocenters. The van der Waals surface area contributed by atoms with Gasteiger partial charge in [0.25, 0.3) is 0 Å². The lowest BCUT2D eigenvalue weighted by molar-refractivity contribution is 0.198. The molecule has 1 aliphatic heterocycles. The number of carbonyl (C=O) groups excluding carboxylic acids is 1. The van der Waals surface area contributed by atoms with Gasteiger partial charge in [-0.05, 0) is 38.0 Å². The Labute approximate surface area is 137 Å². The lowest BCUT2D eigenvalue weighted by Gasteiger charge is -2.20. The summed E-state index contributed by atoms with van der Waals surface area (Å²) in [5.74, 6) is 0.801. The molecular weight excluding hydrogens is 316 g/mol. The summed E-state index contributed by atoms with van der Waals surface area (Å²) in [6, 6.07) is 7.48. The van der Waals surface area contributed by atoms with Crippen molar-refractivity contribution in [3.63, 3.8) is 0 Å². The molecule has 23 heavy (non-hydrogen) atoms.